The first-order valence-electron chi connectivity index (χ1n) is 12.2. The third kappa shape index (κ3) is 6.37. The molecule has 1 aromatic carbocycles. The van der Waals surface area contributed by atoms with Crippen LogP contribution in [0.25, 0.3) is 11.2 Å². The van der Waals surface area contributed by atoms with Gasteiger partial charge in [0.2, 0.25) is 5.91 Å². The first-order valence-corrected chi connectivity index (χ1v) is 12.2. The van der Waals surface area contributed by atoms with Gasteiger partial charge >= 0.3 is 5.69 Å². The lowest BCUT2D eigenvalue weighted by Crippen LogP contribution is -2.31. The van der Waals surface area contributed by atoms with Gasteiger partial charge in [-0.3, -0.25) is 29.3 Å². The molecule has 12 heteroatoms. The molecule has 0 saturated carbocycles. The predicted molar refractivity (Wildman–Crippen MR) is 137 cm³/mol. The molecule has 2 heterocycles. The van der Waals surface area contributed by atoms with Crippen LogP contribution < -0.4 is 21.9 Å². The molecule has 3 aromatic rings. The summed E-state index contributed by atoms with van der Waals surface area (Å²) < 4.78 is 3.30. The number of carbonyl (C=O) groups is 1. The van der Waals surface area contributed by atoms with Gasteiger partial charge < -0.3 is 15.2 Å². The lowest BCUT2D eigenvalue weighted by molar-refractivity contribution is -0.384. The van der Waals surface area contributed by atoms with Crippen molar-refractivity contribution in [1.29, 1.82) is 0 Å². The number of H-pyrrole nitrogens is 1. The maximum absolute atomic E-state index is 12.7. The number of imidazole rings is 1. The van der Waals surface area contributed by atoms with Crippen LogP contribution in [0.3, 0.4) is 0 Å². The van der Waals surface area contributed by atoms with Gasteiger partial charge in [-0.25, -0.2) is 9.78 Å². The molecule has 0 radical (unpaired) electrons. The van der Waals surface area contributed by atoms with Crippen molar-refractivity contribution >= 4 is 28.4 Å². The molecule has 12 nitrogen and oxygen atoms in total. The van der Waals surface area contributed by atoms with E-state index in [1.807, 2.05) is 25.3 Å². The summed E-state index contributed by atoms with van der Waals surface area (Å²) >= 11 is 0. The van der Waals surface area contributed by atoms with Crippen molar-refractivity contribution in [3.8, 4) is 0 Å². The largest absolute Gasteiger partial charge is 0.378 e. The minimum absolute atomic E-state index is 0.0275. The Bertz CT molecular complexity index is 1340. The topological polar surface area (TPSA) is 157 Å². The number of aromatic amines is 1. The fraction of sp³-hybridized carbons (Fsp3) is 0.500. The van der Waals surface area contributed by atoms with Crippen LogP contribution in [0.1, 0.15) is 45.9 Å². The van der Waals surface area contributed by atoms with Gasteiger partial charge in [-0.15, -0.1) is 0 Å². The SMILES string of the molecule is CCCCn1c(=O)[nH]c(=O)c2c1nc(CCC(=O)NCCNc1ccccc1[N+](=O)[O-])n2CC(C)C. The summed E-state index contributed by atoms with van der Waals surface area (Å²) in [6.45, 7) is 7.65. The third-order valence-corrected chi connectivity index (χ3v) is 5.69. The summed E-state index contributed by atoms with van der Waals surface area (Å²) in [5.41, 5.74) is 0.0995. The van der Waals surface area contributed by atoms with Crippen LogP contribution in [0, 0.1) is 16.0 Å². The lowest BCUT2D eigenvalue weighted by atomic mass is 10.2. The molecular weight excluding hydrogens is 466 g/mol. The van der Waals surface area contributed by atoms with Gasteiger partial charge in [0.25, 0.3) is 11.2 Å². The quantitative estimate of drug-likeness (QED) is 0.185. The molecule has 0 aliphatic heterocycles. The van der Waals surface area contributed by atoms with Gasteiger partial charge in [0.1, 0.15) is 11.5 Å². The van der Waals surface area contributed by atoms with Crippen molar-refractivity contribution in [1.82, 2.24) is 24.4 Å². The van der Waals surface area contributed by atoms with Crippen LogP contribution in [0.15, 0.2) is 33.9 Å². The van der Waals surface area contributed by atoms with Crippen LogP contribution >= 0.6 is 0 Å². The van der Waals surface area contributed by atoms with E-state index in [4.69, 9.17) is 0 Å². The van der Waals surface area contributed by atoms with Crippen molar-refractivity contribution in [2.75, 3.05) is 18.4 Å². The standard InChI is InChI=1S/C24H33N7O5/c1-4-5-14-29-22-21(23(33)28-24(29)34)30(15-16(2)3)19(27-22)10-11-20(32)26-13-12-25-17-8-6-7-9-18(17)31(35)36/h6-9,16,25H,4-5,10-15H2,1-3H3,(H,26,32)(H,28,33,34). The van der Waals surface area contributed by atoms with Crippen LogP contribution in [0.2, 0.25) is 0 Å². The number of para-hydroxylation sites is 2. The maximum atomic E-state index is 12.7. The Kier molecular flexibility index (Phi) is 8.98. The molecule has 194 valence electrons. The Morgan fingerprint density at radius 3 is 2.64 bits per heavy atom. The van der Waals surface area contributed by atoms with Gasteiger partial charge in [-0.1, -0.05) is 39.3 Å². The Labute approximate surface area is 207 Å². The molecule has 2 aromatic heterocycles. The summed E-state index contributed by atoms with van der Waals surface area (Å²) in [6, 6.07) is 6.32. The van der Waals surface area contributed by atoms with Crippen LogP contribution in [0.5, 0.6) is 0 Å². The predicted octanol–water partition coefficient (Wildman–Crippen LogP) is 2.41. The third-order valence-electron chi connectivity index (χ3n) is 5.69. The number of nitro groups is 1. The van der Waals surface area contributed by atoms with E-state index >= 15 is 0 Å². The summed E-state index contributed by atoms with van der Waals surface area (Å²) in [5, 5.41) is 16.9. The molecule has 3 rings (SSSR count). The van der Waals surface area contributed by atoms with Crippen molar-refractivity contribution in [2.24, 2.45) is 5.92 Å². The van der Waals surface area contributed by atoms with Crippen molar-refractivity contribution in [2.45, 2.75) is 59.5 Å². The van der Waals surface area contributed by atoms with E-state index in [9.17, 15) is 24.5 Å². The smallest absolute Gasteiger partial charge is 0.330 e. The van der Waals surface area contributed by atoms with Gasteiger partial charge in [-0.05, 0) is 18.4 Å². The molecule has 1 amide bonds. The summed E-state index contributed by atoms with van der Waals surface area (Å²) in [6.07, 6.45) is 2.10. The number of hydrogen-bond acceptors (Lipinski definition) is 7. The number of anilines is 1. The average molecular weight is 500 g/mol. The number of nitro benzene ring substituents is 1. The lowest BCUT2D eigenvalue weighted by Gasteiger charge is -2.12. The van der Waals surface area contributed by atoms with Gasteiger partial charge in [0.15, 0.2) is 11.2 Å². The molecule has 0 fully saturated rings. The number of aromatic nitrogens is 4. The number of unbranched alkanes of at least 4 members (excludes halogenated alkanes) is 1. The molecule has 0 bridgehead atoms. The van der Waals surface area contributed by atoms with E-state index in [-0.39, 0.29) is 30.5 Å². The fourth-order valence-electron chi connectivity index (χ4n) is 3.99. The van der Waals surface area contributed by atoms with Crippen LogP contribution in [-0.2, 0) is 24.3 Å². The number of amides is 1. The number of carbonyl (C=O) groups excluding carboxylic acids is 1. The van der Waals surface area contributed by atoms with E-state index in [1.54, 1.807) is 18.2 Å². The molecular formula is C24H33N7O5. The second-order valence-electron chi connectivity index (χ2n) is 9.02. The molecule has 0 unspecified atom stereocenters. The molecule has 36 heavy (non-hydrogen) atoms. The molecule has 0 saturated heterocycles. The minimum Gasteiger partial charge on any atom is -0.378 e. The summed E-state index contributed by atoms with van der Waals surface area (Å²) in [4.78, 5) is 55.2. The van der Waals surface area contributed by atoms with Gasteiger partial charge in [0.05, 0.1) is 4.92 Å². The van der Waals surface area contributed by atoms with Crippen LogP contribution in [-0.4, -0.2) is 43.0 Å². The highest BCUT2D eigenvalue weighted by molar-refractivity contribution is 5.76. The first kappa shape index (κ1) is 26.6. The second kappa shape index (κ2) is 12.1. The van der Waals surface area contributed by atoms with Crippen molar-refractivity contribution in [3.63, 3.8) is 0 Å². The molecule has 3 N–H and O–H groups in total. The highest BCUT2D eigenvalue weighted by Gasteiger charge is 2.20. The molecule has 0 spiro atoms. The Morgan fingerprint density at radius 1 is 1.19 bits per heavy atom. The van der Waals surface area contributed by atoms with E-state index in [1.165, 1.54) is 10.6 Å². The zero-order chi connectivity index (χ0) is 26.2. The van der Waals surface area contributed by atoms with Crippen molar-refractivity contribution < 1.29 is 9.72 Å². The second-order valence-corrected chi connectivity index (χ2v) is 9.02. The van der Waals surface area contributed by atoms with Crippen LogP contribution in [0.4, 0.5) is 11.4 Å². The highest BCUT2D eigenvalue weighted by Crippen LogP contribution is 2.22. The number of nitrogens with zero attached hydrogens (tertiary/aromatic N) is 4. The molecule has 0 atom stereocenters. The normalized spacial score (nSPS) is 11.2. The first-order chi connectivity index (χ1) is 17.2. The average Bonchev–Trinajstić information content (AvgIpc) is 3.18. The number of nitrogens with one attached hydrogen (secondary N) is 3. The van der Waals surface area contributed by atoms with Crippen molar-refractivity contribution in [3.05, 3.63) is 61.0 Å². The van der Waals surface area contributed by atoms with Gasteiger partial charge in [0, 0.05) is 45.1 Å². The number of rotatable bonds is 13. The van der Waals surface area contributed by atoms with E-state index in [0.29, 0.717) is 48.7 Å². The molecule has 0 aliphatic rings. The van der Waals surface area contributed by atoms with E-state index < -0.39 is 16.2 Å². The Morgan fingerprint density at radius 2 is 1.94 bits per heavy atom. The zero-order valence-corrected chi connectivity index (χ0v) is 20.9. The number of fused-ring (bicyclic) bond motifs is 1. The highest BCUT2D eigenvalue weighted by atomic mass is 16.6. The van der Waals surface area contributed by atoms with E-state index in [2.05, 4.69) is 20.6 Å². The summed E-state index contributed by atoms with van der Waals surface area (Å²) in [7, 11) is 0. The summed E-state index contributed by atoms with van der Waals surface area (Å²) in [5.74, 6) is 0.589. The zero-order valence-electron chi connectivity index (χ0n) is 20.9. The number of aryl methyl sites for hydroxylation is 2. The Balaban J connectivity index is 1.69. The van der Waals surface area contributed by atoms with E-state index in [0.717, 1.165) is 12.8 Å². The monoisotopic (exact) mass is 499 g/mol. The van der Waals surface area contributed by atoms with Gasteiger partial charge in [-0.2, -0.15) is 0 Å². The maximum Gasteiger partial charge on any atom is 0.330 e. The minimum atomic E-state index is -0.481. The Hall–Kier alpha value is -3.96. The number of benzene rings is 1. The number of hydrogen-bond donors (Lipinski definition) is 3. The molecule has 0 aliphatic carbocycles. The fourth-order valence-corrected chi connectivity index (χ4v) is 3.99.